The van der Waals surface area contributed by atoms with Crippen molar-refractivity contribution in [3.8, 4) is 0 Å². The highest BCUT2D eigenvalue weighted by atomic mass is 16.6. The van der Waals surface area contributed by atoms with E-state index in [1.807, 2.05) is 0 Å². The maximum absolute atomic E-state index is 13.9. The Hall–Kier alpha value is -4.76. The van der Waals surface area contributed by atoms with Crippen molar-refractivity contribution in [1.29, 1.82) is 0 Å². The van der Waals surface area contributed by atoms with E-state index in [1.54, 1.807) is 0 Å². The zero-order valence-electron chi connectivity index (χ0n) is 23.6. The SMILES string of the molecule is CCOC(=O)C1(C(=O)OCC)[C@@H](C(=O)OC)C(C(=O)OC)=C(C(=O)OC)C(C(=O)OC)=C(C(=O)OC)[C@@H]1C(=O)OC. The van der Waals surface area contributed by atoms with Crippen LogP contribution in [-0.2, 0) is 76.3 Å². The number of esters is 8. The van der Waals surface area contributed by atoms with Crippen molar-refractivity contribution in [1.82, 2.24) is 0 Å². The van der Waals surface area contributed by atoms with Crippen molar-refractivity contribution < 1.29 is 76.3 Å². The number of carbonyl (C=O) groups is 8. The van der Waals surface area contributed by atoms with Crippen LogP contribution in [0.5, 0.6) is 0 Å². The maximum Gasteiger partial charge on any atom is 0.339 e. The van der Waals surface area contributed by atoms with Crippen molar-refractivity contribution >= 4 is 47.8 Å². The highest BCUT2D eigenvalue weighted by molar-refractivity contribution is 6.22. The predicted octanol–water partition coefficient (Wildman–Crippen LogP) is -1.02. The van der Waals surface area contributed by atoms with E-state index in [9.17, 15) is 38.4 Å². The predicted molar refractivity (Wildman–Crippen MR) is 129 cm³/mol. The largest absolute Gasteiger partial charge is 0.469 e. The Kier molecular flexibility index (Phi) is 12.2. The second kappa shape index (κ2) is 14.6. The van der Waals surface area contributed by atoms with Gasteiger partial charge < -0.3 is 37.9 Å². The van der Waals surface area contributed by atoms with Crippen LogP contribution in [0.15, 0.2) is 22.3 Å². The Balaban J connectivity index is 5.07. The van der Waals surface area contributed by atoms with Gasteiger partial charge in [-0.05, 0) is 13.8 Å². The van der Waals surface area contributed by atoms with Gasteiger partial charge in [-0.3, -0.25) is 19.2 Å². The molecule has 0 aliphatic heterocycles. The summed E-state index contributed by atoms with van der Waals surface area (Å²) in [5.41, 5.74) is -8.20. The molecule has 16 nitrogen and oxygen atoms in total. The molecule has 0 aromatic rings. The first-order valence-electron chi connectivity index (χ1n) is 11.7. The smallest absolute Gasteiger partial charge is 0.339 e. The lowest BCUT2D eigenvalue weighted by Crippen LogP contribution is -2.59. The molecule has 0 aromatic carbocycles. The molecule has 0 saturated heterocycles. The molecule has 0 unspecified atom stereocenters. The average Bonchev–Trinajstić information content (AvgIpc) is 3.10. The Morgan fingerprint density at radius 2 is 0.805 bits per heavy atom. The summed E-state index contributed by atoms with van der Waals surface area (Å²) in [4.78, 5) is 108. The molecule has 0 fully saturated rings. The van der Waals surface area contributed by atoms with Gasteiger partial charge in [0, 0.05) is 0 Å². The zero-order valence-corrected chi connectivity index (χ0v) is 23.6. The molecule has 0 radical (unpaired) electrons. The van der Waals surface area contributed by atoms with Crippen LogP contribution in [0.4, 0.5) is 0 Å². The highest BCUT2D eigenvalue weighted by Crippen LogP contribution is 2.52. The van der Waals surface area contributed by atoms with Gasteiger partial charge in [-0.25, -0.2) is 19.2 Å². The van der Waals surface area contributed by atoms with E-state index in [0.717, 1.165) is 42.7 Å². The molecule has 0 bridgehead atoms. The standard InChI is InChI=1S/C25H30O16/c1-9-40-23(32)25(24(33)41-10-2)15(21(30)38-7)13(19(28)36-5)11(17(26)34-3)12(18(27)35-4)14(20(29)37-6)16(25)22(31)39-8/h15-16H,9-10H2,1-8H3/t15-,16-/m1/s1. The molecule has 16 heteroatoms. The van der Waals surface area contributed by atoms with Gasteiger partial charge in [0.15, 0.2) is 5.41 Å². The summed E-state index contributed by atoms with van der Waals surface area (Å²) in [5, 5.41) is 0. The Labute approximate surface area is 233 Å². The molecule has 41 heavy (non-hydrogen) atoms. The Morgan fingerprint density at radius 3 is 1.02 bits per heavy atom. The Bertz CT molecular complexity index is 1100. The first kappa shape index (κ1) is 34.3. The van der Waals surface area contributed by atoms with Gasteiger partial charge in [0.05, 0.1) is 78.2 Å². The van der Waals surface area contributed by atoms with Gasteiger partial charge >= 0.3 is 47.8 Å². The number of hydrogen-bond acceptors (Lipinski definition) is 16. The van der Waals surface area contributed by atoms with Crippen LogP contribution in [0.25, 0.3) is 0 Å². The van der Waals surface area contributed by atoms with E-state index < -0.39 is 101 Å². The molecule has 0 heterocycles. The van der Waals surface area contributed by atoms with E-state index in [0.29, 0.717) is 0 Å². The molecular weight excluding hydrogens is 556 g/mol. The van der Waals surface area contributed by atoms with E-state index in [-0.39, 0.29) is 0 Å². The molecule has 0 amide bonds. The molecule has 1 rings (SSSR count). The summed E-state index contributed by atoms with van der Waals surface area (Å²) < 4.78 is 38.7. The summed E-state index contributed by atoms with van der Waals surface area (Å²) >= 11 is 0. The number of hydrogen-bond donors (Lipinski definition) is 0. The number of methoxy groups -OCH3 is 6. The third-order valence-corrected chi connectivity index (χ3v) is 5.97. The first-order chi connectivity index (χ1) is 19.4. The van der Waals surface area contributed by atoms with Crippen LogP contribution in [0.1, 0.15) is 13.8 Å². The van der Waals surface area contributed by atoms with Gasteiger partial charge in [0.2, 0.25) is 0 Å². The fraction of sp³-hybridized carbons (Fsp3) is 0.520. The number of ether oxygens (including phenoxy) is 8. The quantitative estimate of drug-likeness (QED) is 0.170. The molecule has 0 aromatic heterocycles. The fourth-order valence-electron chi connectivity index (χ4n) is 4.37. The number of carbonyl (C=O) groups excluding carboxylic acids is 8. The fourth-order valence-corrected chi connectivity index (χ4v) is 4.37. The van der Waals surface area contributed by atoms with Crippen LogP contribution in [-0.4, -0.2) is 104 Å². The van der Waals surface area contributed by atoms with Crippen LogP contribution in [0, 0.1) is 17.3 Å². The monoisotopic (exact) mass is 586 g/mol. The third kappa shape index (κ3) is 5.90. The molecule has 226 valence electrons. The number of rotatable bonds is 10. The van der Waals surface area contributed by atoms with Crippen LogP contribution in [0.2, 0.25) is 0 Å². The van der Waals surface area contributed by atoms with E-state index in [2.05, 4.69) is 0 Å². The molecule has 0 N–H and O–H groups in total. The summed E-state index contributed by atoms with van der Waals surface area (Å²) in [6.07, 6.45) is 0. The summed E-state index contributed by atoms with van der Waals surface area (Å²) in [7, 11) is 4.75. The lowest BCUT2D eigenvalue weighted by molar-refractivity contribution is -0.190. The Morgan fingerprint density at radius 1 is 0.512 bits per heavy atom. The van der Waals surface area contributed by atoms with E-state index in [4.69, 9.17) is 37.9 Å². The van der Waals surface area contributed by atoms with Crippen molar-refractivity contribution in [2.75, 3.05) is 55.9 Å². The molecule has 2 atom stereocenters. The van der Waals surface area contributed by atoms with Crippen molar-refractivity contribution in [2.45, 2.75) is 13.8 Å². The van der Waals surface area contributed by atoms with Crippen molar-refractivity contribution in [3.63, 3.8) is 0 Å². The van der Waals surface area contributed by atoms with Crippen molar-refractivity contribution in [2.24, 2.45) is 17.3 Å². The van der Waals surface area contributed by atoms with Gasteiger partial charge in [-0.1, -0.05) is 0 Å². The maximum atomic E-state index is 13.9. The van der Waals surface area contributed by atoms with E-state index in [1.165, 1.54) is 13.8 Å². The average molecular weight is 586 g/mol. The summed E-state index contributed by atoms with van der Waals surface area (Å²) in [6, 6.07) is 0. The summed E-state index contributed by atoms with van der Waals surface area (Å²) in [5.74, 6) is -18.2. The van der Waals surface area contributed by atoms with Gasteiger partial charge in [0.25, 0.3) is 0 Å². The lowest BCUT2D eigenvalue weighted by Gasteiger charge is -2.38. The molecular formula is C25H30O16. The lowest BCUT2D eigenvalue weighted by atomic mass is 9.62. The minimum absolute atomic E-state index is 0.482. The van der Waals surface area contributed by atoms with Crippen molar-refractivity contribution in [3.05, 3.63) is 22.3 Å². The molecule has 0 saturated carbocycles. The minimum atomic E-state index is -3.41. The van der Waals surface area contributed by atoms with Gasteiger partial charge in [-0.15, -0.1) is 0 Å². The zero-order chi connectivity index (χ0) is 31.7. The van der Waals surface area contributed by atoms with Crippen LogP contribution in [0.3, 0.4) is 0 Å². The molecule has 1 aliphatic carbocycles. The molecule has 0 spiro atoms. The van der Waals surface area contributed by atoms with Gasteiger partial charge in [-0.2, -0.15) is 0 Å². The minimum Gasteiger partial charge on any atom is -0.469 e. The first-order valence-corrected chi connectivity index (χ1v) is 11.7. The topological polar surface area (TPSA) is 210 Å². The molecule has 1 aliphatic rings. The van der Waals surface area contributed by atoms with E-state index >= 15 is 0 Å². The second-order valence-corrected chi connectivity index (χ2v) is 7.77. The third-order valence-electron chi connectivity index (χ3n) is 5.97. The van der Waals surface area contributed by atoms with Crippen LogP contribution >= 0.6 is 0 Å². The normalized spacial score (nSPS) is 17.8. The second-order valence-electron chi connectivity index (χ2n) is 7.77. The highest BCUT2D eigenvalue weighted by Gasteiger charge is 2.71. The van der Waals surface area contributed by atoms with Crippen LogP contribution < -0.4 is 0 Å². The summed E-state index contributed by atoms with van der Waals surface area (Å²) in [6.45, 7) is 1.62. The van der Waals surface area contributed by atoms with Gasteiger partial charge in [0.1, 0.15) is 11.8 Å².